The fraction of sp³-hybridized carbons (Fsp3) is 0.200. The van der Waals surface area contributed by atoms with Crippen LogP contribution in [-0.2, 0) is 24.7 Å². The molecule has 0 bridgehead atoms. The Hall–Kier alpha value is -3.69. The minimum Gasteiger partial charge on any atom is -0.391 e. The summed E-state index contributed by atoms with van der Waals surface area (Å²) in [7, 11) is 1.42. The summed E-state index contributed by atoms with van der Waals surface area (Å²) in [5, 5.41) is 7.75. The highest BCUT2D eigenvalue weighted by molar-refractivity contribution is 5.98. The average Bonchev–Trinajstić information content (AvgIpc) is 3.01. The lowest BCUT2D eigenvalue weighted by molar-refractivity contribution is -0.137. The first kappa shape index (κ1) is 21.0. The zero-order chi connectivity index (χ0) is 21.9. The number of hydrogen-bond donors (Lipinski definition) is 0. The molecule has 0 spiro atoms. The van der Waals surface area contributed by atoms with E-state index in [1.165, 1.54) is 26.1 Å². The van der Waals surface area contributed by atoms with Gasteiger partial charge in [-0.05, 0) is 30.7 Å². The molecule has 1 heterocycles. The van der Waals surface area contributed by atoms with Gasteiger partial charge in [-0.15, -0.1) is 5.10 Å². The lowest BCUT2D eigenvalue weighted by Gasteiger charge is -2.10. The first-order valence-electron chi connectivity index (χ1n) is 8.76. The maximum Gasteiger partial charge on any atom is 0.416 e. The number of aromatic nitrogens is 3. The molecule has 0 N–H and O–H groups in total. The minimum atomic E-state index is -4.46. The lowest BCUT2D eigenvalue weighted by atomic mass is 10.1. The van der Waals surface area contributed by atoms with Crippen LogP contribution in [-0.4, -0.2) is 26.3 Å². The largest absolute Gasteiger partial charge is 0.416 e. The lowest BCUT2D eigenvalue weighted by Crippen LogP contribution is -2.23. The Balaban J connectivity index is 1.85. The summed E-state index contributed by atoms with van der Waals surface area (Å²) >= 11 is 0. The molecular weight excluding hydrogens is 401 g/mol. The van der Waals surface area contributed by atoms with Crippen molar-refractivity contribution in [2.24, 2.45) is 12.2 Å². The molecule has 0 fully saturated rings. The molecule has 0 aliphatic heterocycles. The predicted molar refractivity (Wildman–Crippen MR) is 103 cm³/mol. The van der Waals surface area contributed by atoms with Crippen LogP contribution in [0.25, 0.3) is 5.69 Å². The van der Waals surface area contributed by atoms with Crippen molar-refractivity contribution in [2.75, 3.05) is 0 Å². The molecule has 2 aromatic carbocycles. The maximum absolute atomic E-state index is 12.9. The molecule has 0 atom stereocenters. The third-order valence-electron chi connectivity index (χ3n) is 4.32. The van der Waals surface area contributed by atoms with E-state index < -0.39 is 17.4 Å². The highest BCUT2D eigenvalue weighted by Gasteiger charge is 2.30. The van der Waals surface area contributed by atoms with E-state index in [1.807, 2.05) is 0 Å². The van der Waals surface area contributed by atoms with Crippen molar-refractivity contribution in [1.82, 2.24) is 14.3 Å². The molecule has 10 heteroatoms. The van der Waals surface area contributed by atoms with Crippen molar-refractivity contribution in [2.45, 2.75) is 19.7 Å². The smallest absolute Gasteiger partial charge is 0.391 e. The van der Waals surface area contributed by atoms with Gasteiger partial charge in [-0.25, -0.2) is 14.0 Å². The summed E-state index contributed by atoms with van der Waals surface area (Å²) in [6, 6.07) is 11.5. The van der Waals surface area contributed by atoms with Gasteiger partial charge in [0.1, 0.15) is 6.61 Å². The molecule has 7 nitrogen and oxygen atoms in total. The van der Waals surface area contributed by atoms with Crippen molar-refractivity contribution in [1.29, 1.82) is 0 Å². The van der Waals surface area contributed by atoms with E-state index >= 15 is 0 Å². The molecule has 30 heavy (non-hydrogen) atoms. The maximum atomic E-state index is 12.9. The van der Waals surface area contributed by atoms with Crippen LogP contribution in [0.2, 0.25) is 0 Å². The molecule has 0 aliphatic carbocycles. The second-order valence-electron chi connectivity index (χ2n) is 6.38. The van der Waals surface area contributed by atoms with Crippen molar-refractivity contribution >= 4 is 12.0 Å². The molecule has 0 saturated heterocycles. The molecule has 156 valence electrons. The molecule has 1 aromatic heterocycles. The summed E-state index contributed by atoms with van der Waals surface area (Å²) in [5.74, 6) is -0.0707. The predicted octanol–water partition coefficient (Wildman–Crippen LogP) is 3.34. The van der Waals surface area contributed by atoms with E-state index in [0.29, 0.717) is 17.5 Å². The van der Waals surface area contributed by atoms with Gasteiger partial charge in [-0.3, -0.25) is 4.79 Å². The quantitative estimate of drug-likeness (QED) is 0.349. The van der Waals surface area contributed by atoms with Crippen molar-refractivity contribution < 1.29 is 22.8 Å². The van der Waals surface area contributed by atoms with E-state index in [1.54, 1.807) is 24.3 Å². The SMILES string of the molecule is C/C(=N/OCc1ccccc1-n1c(C=O)nn(C)c1=O)c1cccc(C(F)(F)F)c1. The van der Waals surface area contributed by atoms with Crippen LogP contribution in [0.3, 0.4) is 0 Å². The molecule has 0 unspecified atom stereocenters. The van der Waals surface area contributed by atoms with Gasteiger partial charge in [-0.1, -0.05) is 35.5 Å². The van der Waals surface area contributed by atoms with Crippen LogP contribution in [0.15, 0.2) is 58.5 Å². The highest BCUT2D eigenvalue weighted by atomic mass is 19.4. The standard InChI is InChI=1S/C20H17F3N4O3/c1-13(14-7-5-8-16(10-14)20(21,22)23)25-30-12-15-6-3-4-9-17(15)27-18(11-28)24-26(2)19(27)29/h3-11H,12H2,1-2H3/b25-13-. The number of rotatable bonds is 6. The van der Waals surface area contributed by atoms with Gasteiger partial charge in [0.15, 0.2) is 6.29 Å². The number of benzene rings is 2. The fourth-order valence-electron chi connectivity index (χ4n) is 2.81. The third kappa shape index (κ3) is 4.32. The van der Waals surface area contributed by atoms with Crippen LogP contribution in [0.1, 0.15) is 34.2 Å². The van der Waals surface area contributed by atoms with Gasteiger partial charge in [0.2, 0.25) is 5.82 Å². The molecule has 3 aromatic rings. The Kier molecular flexibility index (Phi) is 5.86. The van der Waals surface area contributed by atoms with Crippen molar-refractivity contribution in [3.8, 4) is 5.69 Å². The van der Waals surface area contributed by atoms with Crippen LogP contribution in [0.4, 0.5) is 13.2 Å². The number of aryl methyl sites for hydroxylation is 1. The topological polar surface area (TPSA) is 78.5 Å². The van der Waals surface area contributed by atoms with Gasteiger partial charge >= 0.3 is 11.9 Å². The fourth-order valence-corrected chi connectivity index (χ4v) is 2.81. The second kappa shape index (κ2) is 8.36. The molecule has 0 aliphatic rings. The first-order chi connectivity index (χ1) is 14.2. The van der Waals surface area contributed by atoms with Crippen LogP contribution in [0.5, 0.6) is 0 Å². The summed E-state index contributed by atoms with van der Waals surface area (Å²) in [4.78, 5) is 28.9. The Labute approximate surface area is 169 Å². The molecule has 3 rings (SSSR count). The zero-order valence-corrected chi connectivity index (χ0v) is 16.1. The summed E-state index contributed by atoms with van der Waals surface area (Å²) in [5.41, 5.74) is 0.168. The molecule has 0 radical (unpaired) electrons. The summed E-state index contributed by atoms with van der Waals surface area (Å²) < 4.78 is 40.8. The monoisotopic (exact) mass is 418 g/mol. The Morgan fingerprint density at radius 1 is 1.20 bits per heavy atom. The van der Waals surface area contributed by atoms with Crippen molar-refractivity contribution in [3.05, 3.63) is 81.5 Å². The number of aldehydes is 1. The molecular formula is C20H17F3N4O3. The average molecular weight is 418 g/mol. The third-order valence-corrected chi connectivity index (χ3v) is 4.32. The van der Waals surface area contributed by atoms with Crippen LogP contribution < -0.4 is 5.69 Å². The van der Waals surface area contributed by atoms with E-state index in [2.05, 4.69) is 10.3 Å². The number of oxime groups is 1. The zero-order valence-electron chi connectivity index (χ0n) is 16.1. The number of para-hydroxylation sites is 1. The number of carbonyl (C=O) groups excluding carboxylic acids is 1. The van der Waals surface area contributed by atoms with Gasteiger partial charge < -0.3 is 4.84 Å². The second-order valence-corrected chi connectivity index (χ2v) is 6.38. The summed E-state index contributed by atoms with van der Waals surface area (Å²) in [6.45, 7) is 1.45. The number of alkyl halides is 3. The number of carbonyl (C=O) groups is 1. The highest BCUT2D eigenvalue weighted by Crippen LogP contribution is 2.29. The van der Waals surface area contributed by atoms with Crippen LogP contribution >= 0.6 is 0 Å². The minimum absolute atomic E-state index is 0.0707. The molecule has 0 saturated carbocycles. The molecule has 0 amide bonds. The van der Waals surface area contributed by atoms with Gasteiger partial charge in [0.25, 0.3) is 0 Å². The normalized spacial score (nSPS) is 12.1. The van der Waals surface area contributed by atoms with E-state index in [9.17, 15) is 22.8 Å². The number of halogens is 3. The van der Waals surface area contributed by atoms with Gasteiger partial charge in [0, 0.05) is 12.6 Å². The summed E-state index contributed by atoms with van der Waals surface area (Å²) in [6.07, 6.45) is -3.99. The van der Waals surface area contributed by atoms with Crippen molar-refractivity contribution in [3.63, 3.8) is 0 Å². The Morgan fingerprint density at radius 2 is 1.93 bits per heavy atom. The van der Waals surface area contributed by atoms with E-state index in [4.69, 9.17) is 4.84 Å². The van der Waals surface area contributed by atoms with E-state index in [-0.39, 0.29) is 23.7 Å². The van der Waals surface area contributed by atoms with E-state index in [0.717, 1.165) is 21.4 Å². The number of nitrogens with zero attached hydrogens (tertiary/aromatic N) is 4. The van der Waals surface area contributed by atoms with Crippen LogP contribution in [0, 0.1) is 0 Å². The van der Waals surface area contributed by atoms with Gasteiger partial charge in [-0.2, -0.15) is 13.2 Å². The first-order valence-corrected chi connectivity index (χ1v) is 8.76. The Bertz CT molecular complexity index is 1160. The van der Waals surface area contributed by atoms with Gasteiger partial charge in [0.05, 0.1) is 17.0 Å². The Morgan fingerprint density at radius 3 is 2.63 bits per heavy atom. The number of hydrogen-bond acceptors (Lipinski definition) is 5.